The van der Waals surface area contributed by atoms with Crippen molar-refractivity contribution in [1.82, 2.24) is 10.2 Å². The summed E-state index contributed by atoms with van der Waals surface area (Å²) in [7, 11) is 0. The third-order valence-electron chi connectivity index (χ3n) is 6.27. The predicted octanol–water partition coefficient (Wildman–Crippen LogP) is 2.23. The number of rotatable bonds is 5. The van der Waals surface area contributed by atoms with Crippen molar-refractivity contribution in [3.63, 3.8) is 0 Å². The Balaban J connectivity index is 1.61. The molecule has 3 rings (SSSR count). The van der Waals surface area contributed by atoms with Crippen LogP contribution in [0.1, 0.15) is 44.1 Å². The Hall–Kier alpha value is -2.67. The molecule has 1 fully saturated rings. The monoisotopic (exact) mass is 442 g/mol. The Morgan fingerprint density at radius 2 is 1.94 bits per heavy atom. The summed E-state index contributed by atoms with van der Waals surface area (Å²) in [4.78, 5) is 39.7. The van der Waals surface area contributed by atoms with Gasteiger partial charge in [0.1, 0.15) is 6.61 Å². The molecule has 174 valence electrons. The van der Waals surface area contributed by atoms with Crippen molar-refractivity contribution in [2.75, 3.05) is 26.3 Å². The van der Waals surface area contributed by atoms with E-state index in [1.165, 1.54) is 0 Å². The molecule has 0 saturated carbocycles. The SMILES string of the molecule is O=C1NCCOC(=O)[C@@H](Cc2ccccc2)CCC=CC[C@@H]1CC(=O)N1CCC[C@H]1CO. The van der Waals surface area contributed by atoms with Crippen LogP contribution in [0.2, 0.25) is 0 Å². The maximum atomic E-state index is 12.8. The standard InChI is InChI=1S/C25H34N2O5/c28-18-22-12-7-14-27(22)23(29)17-20-10-5-2-6-11-21(16-19-8-3-1-4-9-19)25(31)32-15-13-26-24(20)30/h1-5,8-9,20-22,28H,6-7,10-18H2,(H,26,30)/t20-,21-,22+/m1/s1. The number of likely N-dealkylation sites (tertiary alicyclic amines) is 1. The van der Waals surface area contributed by atoms with Crippen molar-refractivity contribution in [3.05, 3.63) is 48.0 Å². The number of hydrogen-bond acceptors (Lipinski definition) is 5. The summed E-state index contributed by atoms with van der Waals surface area (Å²) in [6, 6.07) is 9.75. The zero-order chi connectivity index (χ0) is 22.8. The molecular weight excluding hydrogens is 408 g/mol. The van der Waals surface area contributed by atoms with E-state index in [-0.39, 0.29) is 55.9 Å². The van der Waals surface area contributed by atoms with Crippen molar-refractivity contribution < 1.29 is 24.2 Å². The first-order valence-electron chi connectivity index (χ1n) is 11.6. The Bertz CT molecular complexity index is 795. The molecule has 1 aromatic carbocycles. The van der Waals surface area contributed by atoms with Crippen molar-refractivity contribution in [2.45, 2.75) is 51.0 Å². The van der Waals surface area contributed by atoms with Crippen LogP contribution >= 0.6 is 0 Å². The summed E-state index contributed by atoms with van der Waals surface area (Å²) >= 11 is 0. The van der Waals surface area contributed by atoms with E-state index in [9.17, 15) is 19.5 Å². The summed E-state index contributed by atoms with van der Waals surface area (Å²) < 4.78 is 5.43. The third-order valence-corrected chi connectivity index (χ3v) is 6.27. The number of cyclic esters (lactones) is 1. The fraction of sp³-hybridized carbons (Fsp3) is 0.560. The van der Waals surface area contributed by atoms with Crippen LogP contribution in [0, 0.1) is 11.8 Å². The van der Waals surface area contributed by atoms with Gasteiger partial charge < -0.3 is 20.1 Å². The third kappa shape index (κ3) is 6.92. The Morgan fingerprint density at radius 3 is 2.72 bits per heavy atom. The van der Waals surface area contributed by atoms with Gasteiger partial charge in [-0.05, 0) is 44.1 Å². The van der Waals surface area contributed by atoms with Crippen LogP contribution in [-0.4, -0.2) is 60.1 Å². The van der Waals surface area contributed by atoms with Crippen LogP contribution in [0.4, 0.5) is 0 Å². The second kappa shape index (κ2) is 12.4. The van der Waals surface area contributed by atoms with Crippen LogP contribution in [0.15, 0.2) is 42.5 Å². The van der Waals surface area contributed by atoms with Gasteiger partial charge in [0.25, 0.3) is 0 Å². The molecule has 0 unspecified atom stereocenters. The number of esters is 1. The molecule has 1 aromatic rings. The van der Waals surface area contributed by atoms with Gasteiger partial charge >= 0.3 is 5.97 Å². The molecule has 0 aliphatic carbocycles. The van der Waals surface area contributed by atoms with Crippen molar-refractivity contribution in [1.29, 1.82) is 0 Å². The van der Waals surface area contributed by atoms with E-state index in [4.69, 9.17) is 4.74 Å². The van der Waals surface area contributed by atoms with Crippen LogP contribution in [0.3, 0.4) is 0 Å². The highest BCUT2D eigenvalue weighted by atomic mass is 16.5. The first-order chi connectivity index (χ1) is 15.6. The normalized spacial score (nSPS) is 25.3. The molecule has 7 nitrogen and oxygen atoms in total. The number of amides is 2. The minimum atomic E-state index is -0.477. The van der Waals surface area contributed by atoms with Crippen LogP contribution in [0.5, 0.6) is 0 Å². The van der Waals surface area contributed by atoms with Gasteiger partial charge in [-0.3, -0.25) is 14.4 Å². The van der Waals surface area contributed by atoms with Crippen LogP contribution < -0.4 is 5.32 Å². The van der Waals surface area contributed by atoms with Crippen molar-refractivity contribution in [2.24, 2.45) is 11.8 Å². The van der Waals surface area contributed by atoms with E-state index < -0.39 is 5.92 Å². The van der Waals surface area contributed by atoms with Gasteiger partial charge in [-0.2, -0.15) is 0 Å². The van der Waals surface area contributed by atoms with E-state index >= 15 is 0 Å². The number of carbonyl (C=O) groups excluding carboxylic acids is 3. The topological polar surface area (TPSA) is 95.9 Å². The fourth-order valence-electron chi connectivity index (χ4n) is 4.43. The minimum absolute atomic E-state index is 0.0436. The van der Waals surface area contributed by atoms with E-state index in [1.807, 2.05) is 42.5 Å². The van der Waals surface area contributed by atoms with Gasteiger partial charge in [0, 0.05) is 13.0 Å². The molecule has 2 aliphatic rings. The quantitative estimate of drug-likeness (QED) is 0.539. The molecule has 2 aliphatic heterocycles. The number of nitrogens with zero attached hydrogens (tertiary/aromatic N) is 1. The number of allylic oxidation sites excluding steroid dienone is 2. The Kier molecular flexibility index (Phi) is 9.28. The lowest BCUT2D eigenvalue weighted by molar-refractivity contribution is -0.149. The molecule has 7 heteroatoms. The second-order valence-electron chi connectivity index (χ2n) is 8.60. The highest BCUT2D eigenvalue weighted by Crippen LogP contribution is 2.22. The Labute approximate surface area is 189 Å². The van der Waals surface area contributed by atoms with E-state index in [0.29, 0.717) is 32.2 Å². The highest BCUT2D eigenvalue weighted by Gasteiger charge is 2.31. The van der Waals surface area contributed by atoms with Gasteiger partial charge in [0.2, 0.25) is 11.8 Å². The summed E-state index contributed by atoms with van der Waals surface area (Å²) in [6.07, 6.45) is 8.18. The molecule has 3 atom stereocenters. The van der Waals surface area contributed by atoms with Crippen molar-refractivity contribution in [3.8, 4) is 0 Å². The maximum absolute atomic E-state index is 12.8. The summed E-state index contributed by atoms with van der Waals surface area (Å²) in [5, 5.41) is 12.3. The van der Waals surface area contributed by atoms with E-state index in [2.05, 4.69) is 5.32 Å². The molecule has 0 bridgehead atoms. The van der Waals surface area contributed by atoms with E-state index in [0.717, 1.165) is 18.4 Å². The molecule has 32 heavy (non-hydrogen) atoms. The lowest BCUT2D eigenvalue weighted by Crippen LogP contribution is -2.41. The number of aliphatic hydroxyl groups excluding tert-OH is 1. The number of benzene rings is 1. The van der Waals surface area contributed by atoms with Gasteiger partial charge in [-0.15, -0.1) is 0 Å². The van der Waals surface area contributed by atoms with Gasteiger partial charge in [0.05, 0.1) is 31.0 Å². The van der Waals surface area contributed by atoms with Gasteiger partial charge in [-0.1, -0.05) is 42.5 Å². The number of hydrogen-bond donors (Lipinski definition) is 2. The van der Waals surface area contributed by atoms with E-state index in [1.54, 1.807) is 4.90 Å². The summed E-state index contributed by atoms with van der Waals surface area (Å²) in [5.41, 5.74) is 1.10. The molecule has 0 spiro atoms. The van der Waals surface area contributed by atoms with Crippen molar-refractivity contribution >= 4 is 17.8 Å². The first-order valence-corrected chi connectivity index (χ1v) is 11.6. The predicted molar refractivity (Wildman–Crippen MR) is 121 cm³/mol. The zero-order valence-corrected chi connectivity index (χ0v) is 18.6. The molecular formula is C25H34N2O5. The highest BCUT2D eigenvalue weighted by molar-refractivity contribution is 5.86. The number of nitrogens with one attached hydrogen (secondary N) is 1. The lowest BCUT2D eigenvalue weighted by Gasteiger charge is -2.25. The molecule has 2 heterocycles. The number of ether oxygens (including phenoxy) is 1. The Morgan fingerprint density at radius 1 is 1.12 bits per heavy atom. The maximum Gasteiger partial charge on any atom is 0.309 e. The van der Waals surface area contributed by atoms with Gasteiger partial charge in [0.15, 0.2) is 0 Å². The fourth-order valence-corrected chi connectivity index (χ4v) is 4.43. The zero-order valence-electron chi connectivity index (χ0n) is 18.6. The minimum Gasteiger partial charge on any atom is -0.464 e. The number of carbonyl (C=O) groups is 3. The summed E-state index contributed by atoms with van der Waals surface area (Å²) in [6.45, 7) is 0.924. The molecule has 2 amide bonds. The molecule has 2 N–H and O–H groups in total. The first kappa shape index (κ1) is 24.0. The lowest BCUT2D eigenvalue weighted by atomic mass is 9.94. The smallest absolute Gasteiger partial charge is 0.309 e. The molecule has 0 aromatic heterocycles. The molecule has 0 radical (unpaired) electrons. The summed E-state index contributed by atoms with van der Waals surface area (Å²) in [5.74, 6) is -1.25. The van der Waals surface area contributed by atoms with Crippen LogP contribution in [0.25, 0.3) is 0 Å². The average molecular weight is 443 g/mol. The largest absolute Gasteiger partial charge is 0.464 e. The molecule has 1 saturated heterocycles. The van der Waals surface area contributed by atoms with Crippen LogP contribution in [-0.2, 0) is 25.5 Å². The average Bonchev–Trinajstić information content (AvgIpc) is 3.29. The second-order valence-corrected chi connectivity index (χ2v) is 8.60. The van der Waals surface area contributed by atoms with Gasteiger partial charge in [-0.25, -0.2) is 0 Å². The number of aliphatic hydroxyl groups is 1.